The lowest BCUT2D eigenvalue weighted by Crippen LogP contribution is -2.22. The average Bonchev–Trinajstić information content (AvgIpc) is 2.31. The van der Waals surface area contributed by atoms with Crippen molar-refractivity contribution in [1.82, 2.24) is 0 Å². The van der Waals surface area contributed by atoms with Gasteiger partial charge in [-0.2, -0.15) is 0 Å². The Bertz CT molecular complexity index is 259. The largest absolute Gasteiger partial charge is 0.468 e. The monoisotopic (exact) mass is 195 g/mol. The third-order valence-electron chi connectivity index (χ3n) is 1.61. The van der Waals surface area contributed by atoms with E-state index in [9.17, 15) is 4.79 Å². The van der Waals surface area contributed by atoms with Gasteiger partial charge in [-0.15, -0.1) is 0 Å². The molecular weight excluding hydrogens is 178 g/mol. The van der Waals surface area contributed by atoms with Crippen molar-refractivity contribution < 1.29 is 9.53 Å². The Morgan fingerprint density at radius 3 is 2.21 bits per heavy atom. The first-order valence-electron chi connectivity index (χ1n) is 4.64. The van der Waals surface area contributed by atoms with E-state index >= 15 is 0 Å². The van der Waals surface area contributed by atoms with Crippen molar-refractivity contribution >= 4 is 5.97 Å². The van der Waals surface area contributed by atoms with Crippen molar-refractivity contribution in [3.05, 3.63) is 35.9 Å². The highest BCUT2D eigenvalue weighted by Gasteiger charge is 2.14. The second-order valence-electron chi connectivity index (χ2n) is 2.41. The van der Waals surface area contributed by atoms with Gasteiger partial charge in [-0.25, -0.2) is 0 Å². The SMILES string of the molecule is CC.COC(=O)C(N)c1ccccc1. The van der Waals surface area contributed by atoms with Gasteiger partial charge in [-0.1, -0.05) is 44.2 Å². The van der Waals surface area contributed by atoms with Gasteiger partial charge in [0.2, 0.25) is 0 Å². The normalized spacial score (nSPS) is 10.9. The molecule has 0 saturated carbocycles. The van der Waals surface area contributed by atoms with E-state index in [-0.39, 0.29) is 0 Å². The maximum Gasteiger partial charge on any atom is 0.327 e. The van der Waals surface area contributed by atoms with E-state index in [4.69, 9.17) is 5.73 Å². The van der Waals surface area contributed by atoms with Gasteiger partial charge < -0.3 is 10.5 Å². The fraction of sp³-hybridized carbons (Fsp3) is 0.364. The van der Waals surface area contributed by atoms with Crippen LogP contribution in [0.3, 0.4) is 0 Å². The summed E-state index contributed by atoms with van der Waals surface area (Å²) in [5, 5.41) is 0. The number of hydrogen-bond donors (Lipinski definition) is 1. The molecule has 1 atom stereocenters. The summed E-state index contributed by atoms with van der Waals surface area (Å²) in [6.07, 6.45) is 0. The highest BCUT2D eigenvalue weighted by Crippen LogP contribution is 2.09. The van der Waals surface area contributed by atoms with Crippen LogP contribution < -0.4 is 5.73 Å². The molecular formula is C11H17NO2. The molecule has 1 rings (SSSR count). The Balaban J connectivity index is 0.000000791. The topological polar surface area (TPSA) is 52.3 Å². The molecule has 0 amide bonds. The minimum Gasteiger partial charge on any atom is -0.468 e. The van der Waals surface area contributed by atoms with Crippen molar-refractivity contribution in [2.75, 3.05) is 7.11 Å². The molecule has 0 radical (unpaired) electrons. The van der Waals surface area contributed by atoms with Gasteiger partial charge >= 0.3 is 5.97 Å². The van der Waals surface area contributed by atoms with Gasteiger partial charge in [0.1, 0.15) is 6.04 Å². The van der Waals surface area contributed by atoms with E-state index in [0.29, 0.717) is 0 Å². The predicted molar refractivity (Wildman–Crippen MR) is 56.7 cm³/mol. The number of nitrogens with two attached hydrogens (primary N) is 1. The van der Waals surface area contributed by atoms with Crippen molar-refractivity contribution in [3.63, 3.8) is 0 Å². The number of benzene rings is 1. The first-order chi connectivity index (χ1) is 6.75. The summed E-state index contributed by atoms with van der Waals surface area (Å²) >= 11 is 0. The summed E-state index contributed by atoms with van der Waals surface area (Å²) in [5.41, 5.74) is 6.34. The number of rotatable bonds is 2. The molecule has 1 aromatic rings. The summed E-state index contributed by atoms with van der Waals surface area (Å²) in [4.78, 5) is 11.0. The van der Waals surface area contributed by atoms with E-state index in [2.05, 4.69) is 4.74 Å². The Kier molecular flexibility index (Phi) is 6.41. The molecule has 0 bridgehead atoms. The molecule has 2 N–H and O–H groups in total. The van der Waals surface area contributed by atoms with Crippen LogP contribution in [0.2, 0.25) is 0 Å². The van der Waals surface area contributed by atoms with Gasteiger partial charge in [-0.3, -0.25) is 4.79 Å². The van der Waals surface area contributed by atoms with Gasteiger partial charge in [-0.05, 0) is 5.56 Å². The van der Waals surface area contributed by atoms with Crippen LogP contribution in [0.1, 0.15) is 25.5 Å². The van der Waals surface area contributed by atoms with Crippen LogP contribution in [-0.2, 0) is 9.53 Å². The predicted octanol–water partition coefficient (Wildman–Crippen LogP) is 1.89. The third kappa shape index (κ3) is 3.58. The second kappa shape index (κ2) is 7.09. The summed E-state index contributed by atoms with van der Waals surface area (Å²) in [6, 6.07) is 8.45. The van der Waals surface area contributed by atoms with Gasteiger partial charge in [0.25, 0.3) is 0 Å². The summed E-state index contributed by atoms with van der Waals surface area (Å²) < 4.78 is 4.50. The van der Waals surface area contributed by atoms with Gasteiger partial charge in [0.15, 0.2) is 0 Å². The van der Waals surface area contributed by atoms with Crippen molar-refractivity contribution in [2.45, 2.75) is 19.9 Å². The van der Waals surface area contributed by atoms with Gasteiger partial charge in [0.05, 0.1) is 7.11 Å². The summed E-state index contributed by atoms with van der Waals surface area (Å²) in [5.74, 6) is -0.416. The third-order valence-corrected chi connectivity index (χ3v) is 1.61. The van der Waals surface area contributed by atoms with Crippen LogP contribution in [0.4, 0.5) is 0 Å². The van der Waals surface area contributed by atoms with E-state index < -0.39 is 12.0 Å². The van der Waals surface area contributed by atoms with E-state index in [0.717, 1.165) is 5.56 Å². The lowest BCUT2D eigenvalue weighted by atomic mass is 10.1. The van der Waals surface area contributed by atoms with Crippen LogP contribution in [-0.4, -0.2) is 13.1 Å². The number of carbonyl (C=O) groups excluding carboxylic acids is 1. The number of methoxy groups -OCH3 is 1. The smallest absolute Gasteiger partial charge is 0.327 e. The number of hydrogen-bond acceptors (Lipinski definition) is 3. The lowest BCUT2D eigenvalue weighted by Gasteiger charge is -2.08. The maximum absolute atomic E-state index is 11.0. The number of esters is 1. The molecule has 0 saturated heterocycles. The van der Waals surface area contributed by atoms with Crippen molar-refractivity contribution in [1.29, 1.82) is 0 Å². The van der Waals surface area contributed by atoms with Crippen molar-refractivity contribution in [3.8, 4) is 0 Å². The molecule has 1 aromatic carbocycles. The quantitative estimate of drug-likeness (QED) is 0.733. The Hall–Kier alpha value is -1.35. The van der Waals surface area contributed by atoms with Crippen LogP contribution in [0, 0.1) is 0 Å². The van der Waals surface area contributed by atoms with Crippen LogP contribution >= 0.6 is 0 Å². The first kappa shape index (κ1) is 12.7. The van der Waals surface area contributed by atoms with Crippen LogP contribution in [0.15, 0.2) is 30.3 Å². The van der Waals surface area contributed by atoms with Crippen LogP contribution in [0.25, 0.3) is 0 Å². The zero-order chi connectivity index (χ0) is 11.0. The Labute approximate surface area is 84.9 Å². The molecule has 3 nitrogen and oxygen atoms in total. The highest BCUT2D eigenvalue weighted by atomic mass is 16.5. The molecule has 0 aliphatic carbocycles. The number of carbonyl (C=O) groups is 1. The molecule has 14 heavy (non-hydrogen) atoms. The zero-order valence-corrected chi connectivity index (χ0v) is 8.86. The van der Waals surface area contributed by atoms with Gasteiger partial charge in [0, 0.05) is 0 Å². The zero-order valence-electron chi connectivity index (χ0n) is 8.86. The molecule has 78 valence electrons. The molecule has 0 aliphatic rings. The minimum atomic E-state index is -0.670. The average molecular weight is 195 g/mol. The Morgan fingerprint density at radius 1 is 1.29 bits per heavy atom. The first-order valence-corrected chi connectivity index (χ1v) is 4.64. The molecule has 3 heteroatoms. The molecule has 0 fully saturated rings. The van der Waals surface area contributed by atoms with Crippen LogP contribution in [0.5, 0.6) is 0 Å². The fourth-order valence-electron chi connectivity index (χ4n) is 0.923. The molecule has 0 aliphatic heterocycles. The lowest BCUT2D eigenvalue weighted by molar-refractivity contribution is -0.142. The second-order valence-corrected chi connectivity index (χ2v) is 2.41. The molecule has 1 unspecified atom stereocenters. The molecule has 0 aromatic heterocycles. The summed E-state index contributed by atoms with van der Waals surface area (Å²) in [6.45, 7) is 4.00. The Morgan fingerprint density at radius 2 is 1.79 bits per heavy atom. The fourth-order valence-corrected chi connectivity index (χ4v) is 0.923. The molecule has 0 spiro atoms. The minimum absolute atomic E-state index is 0.416. The maximum atomic E-state index is 11.0. The highest BCUT2D eigenvalue weighted by molar-refractivity contribution is 5.77. The van der Waals surface area contributed by atoms with E-state index in [1.807, 2.05) is 32.0 Å². The summed E-state index contributed by atoms with van der Waals surface area (Å²) in [7, 11) is 1.32. The van der Waals surface area contributed by atoms with E-state index in [1.165, 1.54) is 7.11 Å². The van der Waals surface area contributed by atoms with E-state index in [1.54, 1.807) is 12.1 Å². The van der Waals surface area contributed by atoms with Crippen molar-refractivity contribution in [2.24, 2.45) is 5.73 Å². The standard InChI is InChI=1S/C9H11NO2.C2H6/c1-12-9(11)8(10)7-5-3-2-4-6-7;1-2/h2-6,8H,10H2,1H3;1-2H3. The number of ether oxygens (including phenoxy) is 1. The molecule has 0 heterocycles.